The highest BCUT2D eigenvalue weighted by Crippen LogP contribution is 2.53. The van der Waals surface area contributed by atoms with Gasteiger partial charge in [0.15, 0.2) is 11.0 Å². The number of hydrogen-bond donors (Lipinski definition) is 0. The van der Waals surface area contributed by atoms with E-state index in [1.54, 1.807) is 48.4 Å². The third-order valence-electron chi connectivity index (χ3n) is 7.20. The molecular weight excluding hydrogens is 468 g/mol. The lowest BCUT2D eigenvalue weighted by Gasteiger charge is -2.34. The number of fused-ring (bicyclic) bond motifs is 5. The van der Waals surface area contributed by atoms with Gasteiger partial charge < -0.3 is 19.0 Å². The summed E-state index contributed by atoms with van der Waals surface area (Å²) >= 11 is 0. The molecule has 0 fully saturated rings. The largest absolute Gasteiger partial charge is 0.497 e. The first-order valence-corrected chi connectivity index (χ1v) is 12.0. The van der Waals surface area contributed by atoms with Gasteiger partial charge in [-0.25, -0.2) is 0 Å². The number of rotatable bonds is 5. The minimum Gasteiger partial charge on any atom is -0.497 e. The van der Waals surface area contributed by atoms with Crippen LogP contribution in [0.3, 0.4) is 0 Å². The van der Waals surface area contributed by atoms with Crippen LogP contribution in [0.5, 0.6) is 5.75 Å². The van der Waals surface area contributed by atoms with E-state index < -0.39 is 11.4 Å². The topological polar surface area (TPSA) is 80.1 Å². The van der Waals surface area contributed by atoms with Gasteiger partial charge in [0.1, 0.15) is 11.3 Å². The zero-order valence-corrected chi connectivity index (χ0v) is 20.5. The molecule has 1 unspecified atom stereocenters. The Labute approximate surface area is 213 Å². The number of anilines is 1. The fraction of sp³-hybridized carbons (Fsp3) is 0.167. The van der Waals surface area contributed by atoms with E-state index in [2.05, 4.69) is 6.58 Å². The Morgan fingerprint density at radius 2 is 1.78 bits per heavy atom. The van der Waals surface area contributed by atoms with Gasteiger partial charge in [0.2, 0.25) is 5.76 Å². The van der Waals surface area contributed by atoms with Crippen molar-refractivity contribution in [1.29, 1.82) is 0 Å². The second-order valence-corrected chi connectivity index (χ2v) is 9.31. The van der Waals surface area contributed by atoms with Crippen LogP contribution in [0.25, 0.3) is 11.0 Å². The predicted molar refractivity (Wildman–Crippen MR) is 140 cm³/mol. The van der Waals surface area contributed by atoms with E-state index in [1.165, 1.54) is 4.90 Å². The summed E-state index contributed by atoms with van der Waals surface area (Å²) < 4.78 is 11.4. The first kappa shape index (κ1) is 22.8. The molecule has 7 nitrogen and oxygen atoms in total. The number of para-hydroxylation sites is 1. The summed E-state index contributed by atoms with van der Waals surface area (Å²) in [5.41, 5.74) is 1.19. The molecule has 6 rings (SSSR count). The van der Waals surface area contributed by atoms with E-state index in [0.717, 1.165) is 11.1 Å². The molecule has 2 aliphatic heterocycles. The van der Waals surface area contributed by atoms with Crippen molar-refractivity contribution in [2.24, 2.45) is 0 Å². The molecule has 0 saturated carbocycles. The Morgan fingerprint density at radius 1 is 1.03 bits per heavy atom. The van der Waals surface area contributed by atoms with E-state index >= 15 is 0 Å². The average molecular weight is 493 g/mol. The molecule has 37 heavy (non-hydrogen) atoms. The van der Waals surface area contributed by atoms with Gasteiger partial charge in [0.05, 0.1) is 23.7 Å². The minimum atomic E-state index is -1.66. The summed E-state index contributed by atoms with van der Waals surface area (Å²) in [5.74, 6) is -0.312. The SMILES string of the molecule is C=CCN1C(=O)C2(c3ccccc31)c1c(oc3ccc(C)cc3c1=O)C(=O)N2Cc1ccc(OC)cc1. The Hall–Kier alpha value is -4.65. The zero-order valence-electron chi connectivity index (χ0n) is 20.5. The van der Waals surface area contributed by atoms with E-state index in [1.807, 2.05) is 43.3 Å². The molecule has 1 aromatic heterocycles. The Balaban J connectivity index is 1.67. The van der Waals surface area contributed by atoms with Gasteiger partial charge in [-0.2, -0.15) is 0 Å². The van der Waals surface area contributed by atoms with Gasteiger partial charge in [-0.3, -0.25) is 14.4 Å². The van der Waals surface area contributed by atoms with Crippen LogP contribution in [-0.4, -0.2) is 30.4 Å². The molecule has 0 bridgehead atoms. The van der Waals surface area contributed by atoms with Crippen molar-refractivity contribution in [3.05, 3.63) is 118 Å². The summed E-state index contributed by atoms with van der Waals surface area (Å²) in [5, 5.41) is 0.338. The molecule has 2 aliphatic rings. The molecule has 1 spiro atoms. The maximum atomic E-state index is 14.4. The molecule has 184 valence electrons. The normalized spacial score (nSPS) is 18.0. The molecule has 0 radical (unpaired) electrons. The summed E-state index contributed by atoms with van der Waals surface area (Å²) in [4.78, 5) is 45.7. The highest BCUT2D eigenvalue weighted by Gasteiger charge is 2.64. The lowest BCUT2D eigenvalue weighted by atomic mass is 9.83. The van der Waals surface area contributed by atoms with E-state index in [9.17, 15) is 14.4 Å². The molecule has 0 N–H and O–H groups in total. The number of nitrogens with zero attached hydrogens (tertiary/aromatic N) is 2. The van der Waals surface area contributed by atoms with Crippen LogP contribution in [-0.2, 0) is 16.9 Å². The van der Waals surface area contributed by atoms with Crippen LogP contribution >= 0.6 is 0 Å². The first-order chi connectivity index (χ1) is 17.9. The number of carbonyl (C=O) groups is 2. The third kappa shape index (κ3) is 3.03. The van der Waals surface area contributed by atoms with Gasteiger partial charge in [0, 0.05) is 18.7 Å². The smallest absolute Gasteiger partial charge is 0.291 e. The van der Waals surface area contributed by atoms with Crippen molar-refractivity contribution in [3.63, 3.8) is 0 Å². The van der Waals surface area contributed by atoms with Crippen molar-refractivity contribution in [1.82, 2.24) is 4.90 Å². The standard InChI is InChI=1S/C30H24N2O5/c1-4-15-31-23-8-6-5-7-22(23)30(29(31)35)25-26(33)21-16-18(2)9-14-24(21)37-27(25)28(34)32(30)17-19-10-12-20(36-3)13-11-19/h4-14,16H,1,15,17H2,2-3H3. The second kappa shape index (κ2) is 8.20. The van der Waals surface area contributed by atoms with E-state index in [4.69, 9.17) is 9.15 Å². The molecule has 0 aliphatic carbocycles. The molecule has 4 aromatic rings. The van der Waals surface area contributed by atoms with Crippen molar-refractivity contribution >= 4 is 28.5 Å². The first-order valence-electron chi connectivity index (χ1n) is 12.0. The summed E-state index contributed by atoms with van der Waals surface area (Å²) in [6, 6.07) is 19.8. The molecular formula is C30H24N2O5. The predicted octanol–water partition coefficient (Wildman–Crippen LogP) is 4.54. The third-order valence-corrected chi connectivity index (χ3v) is 7.20. The summed E-state index contributed by atoms with van der Waals surface area (Å²) in [6.07, 6.45) is 1.63. The van der Waals surface area contributed by atoms with Crippen molar-refractivity contribution < 1.29 is 18.7 Å². The fourth-order valence-corrected chi connectivity index (χ4v) is 5.55. The number of hydrogen-bond acceptors (Lipinski definition) is 5. The number of ether oxygens (including phenoxy) is 1. The van der Waals surface area contributed by atoms with Crippen LogP contribution in [0, 0.1) is 6.92 Å². The molecule has 1 atom stereocenters. The Morgan fingerprint density at radius 3 is 2.51 bits per heavy atom. The molecule has 3 aromatic carbocycles. The van der Waals surface area contributed by atoms with Crippen molar-refractivity contribution in [2.75, 3.05) is 18.6 Å². The van der Waals surface area contributed by atoms with Crippen LogP contribution in [0.1, 0.15) is 32.8 Å². The highest BCUT2D eigenvalue weighted by atomic mass is 16.5. The lowest BCUT2D eigenvalue weighted by Crippen LogP contribution is -2.53. The maximum absolute atomic E-state index is 14.4. The fourth-order valence-electron chi connectivity index (χ4n) is 5.55. The second-order valence-electron chi connectivity index (χ2n) is 9.31. The molecule has 7 heteroatoms. The van der Waals surface area contributed by atoms with E-state index in [-0.39, 0.29) is 35.7 Å². The van der Waals surface area contributed by atoms with Gasteiger partial charge in [-0.05, 0) is 42.8 Å². The summed E-state index contributed by atoms with van der Waals surface area (Å²) in [7, 11) is 1.58. The number of amides is 2. The monoisotopic (exact) mass is 492 g/mol. The number of carbonyl (C=O) groups excluding carboxylic acids is 2. The Kier molecular flexibility index (Phi) is 5.05. The number of methoxy groups -OCH3 is 1. The van der Waals surface area contributed by atoms with E-state index in [0.29, 0.717) is 28.0 Å². The van der Waals surface area contributed by atoms with Gasteiger partial charge >= 0.3 is 0 Å². The highest BCUT2D eigenvalue weighted by molar-refractivity contribution is 6.17. The zero-order chi connectivity index (χ0) is 25.9. The molecule has 0 saturated heterocycles. The van der Waals surface area contributed by atoms with Crippen LogP contribution in [0.4, 0.5) is 5.69 Å². The Bertz CT molecular complexity index is 1670. The summed E-state index contributed by atoms with van der Waals surface area (Å²) in [6.45, 7) is 6.01. The van der Waals surface area contributed by atoms with Crippen LogP contribution in [0.2, 0.25) is 0 Å². The van der Waals surface area contributed by atoms with Gasteiger partial charge in [-0.15, -0.1) is 6.58 Å². The maximum Gasteiger partial charge on any atom is 0.291 e. The van der Waals surface area contributed by atoms with Gasteiger partial charge in [-0.1, -0.05) is 48.0 Å². The minimum absolute atomic E-state index is 0.0631. The van der Waals surface area contributed by atoms with Crippen LogP contribution < -0.4 is 15.1 Å². The molecule has 3 heterocycles. The quantitative estimate of drug-likeness (QED) is 0.382. The van der Waals surface area contributed by atoms with Crippen molar-refractivity contribution in [3.8, 4) is 5.75 Å². The number of aryl methyl sites for hydroxylation is 1. The molecule has 2 amide bonds. The van der Waals surface area contributed by atoms with Gasteiger partial charge in [0.25, 0.3) is 11.8 Å². The van der Waals surface area contributed by atoms with Crippen molar-refractivity contribution in [2.45, 2.75) is 19.0 Å². The van der Waals surface area contributed by atoms with Crippen LogP contribution in [0.15, 0.2) is 88.6 Å². The lowest BCUT2D eigenvalue weighted by molar-refractivity contribution is -0.126. The number of benzene rings is 3. The average Bonchev–Trinajstić information content (AvgIpc) is 3.30.